The van der Waals surface area contributed by atoms with Crippen LogP contribution in [0.25, 0.3) is 0 Å². The molecule has 0 aromatic carbocycles. The number of hydrogen-bond acceptors (Lipinski definition) is 0. The lowest BCUT2D eigenvalue weighted by molar-refractivity contribution is 0.530. The maximum absolute atomic E-state index is 2.48. The van der Waals surface area contributed by atoms with Crippen LogP contribution in [0.2, 0.25) is 0 Å². The fourth-order valence-electron chi connectivity index (χ4n) is 2.34. The molecular weight excluding hydrogens is 168 g/mol. The summed E-state index contributed by atoms with van der Waals surface area (Å²) < 4.78 is 0. The van der Waals surface area contributed by atoms with E-state index in [0.717, 1.165) is 5.92 Å². The van der Waals surface area contributed by atoms with E-state index < -0.39 is 0 Å². The predicted molar refractivity (Wildman–Crippen MR) is 62.0 cm³/mol. The molecule has 0 aliphatic heterocycles. The van der Waals surface area contributed by atoms with Crippen LogP contribution in [0.5, 0.6) is 0 Å². The van der Waals surface area contributed by atoms with Crippen molar-refractivity contribution >= 4 is 0 Å². The molecule has 14 heavy (non-hydrogen) atoms. The minimum absolute atomic E-state index is 0.701. The van der Waals surface area contributed by atoms with Crippen LogP contribution in [-0.4, -0.2) is 0 Å². The van der Waals surface area contributed by atoms with Crippen molar-refractivity contribution in [3.8, 4) is 0 Å². The van der Waals surface area contributed by atoms with Gasteiger partial charge in [-0.05, 0) is 41.7 Å². The molecule has 0 amide bonds. The van der Waals surface area contributed by atoms with Gasteiger partial charge in [0.1, 0.15) is 0 Å². The Morgan fingerprint density at radius 3 is 2.57 bits per heavy atom. The highest BCUT2D eigenvalue weighted by atomic mass is 14.2. The zero-order valence-corrected chi connectivity index (χ0v) is 9.46. The average Bonchev–Trinajstić information content (AvgIpc) is 2.28. The van der Waals surface area contributed by atoms with Crippen molar-refractivity contribution in [1.29, 1.82) is 0 Å². The lowest BCUT2D eigenvalue weighted by Crippen LogP contribution is -2.10. The molecule has 0 saturated heterocycles. The van der Waals surface area contributed by atoms with Gasteiger partial charge in [-0.2, -0.15) is 0 Å². The first-order chi connectivity index (χ1) is 6.66. The summed E-state index contributed by atoms with van der Waals surface area (Å²) in [4.78, 5) is 0. The van der Waals surface area contributed by atoms with Crippen molar-refractivity contribution in [1.82, 2.24) is 0 Å². The molecule has 0 heteroatoms. The summed E-state index contributed by atoms with van der Waals surface area (Å²) in [5, 5.41) is 0. The lowest BCUT2D eigenvalue weighted by atomic mass is 9.82. The standard InChI is InChI=1S/C14H20/c1-10-5-4-6-13-8-11(2)12(3)9-14(13)7-10/h4,6,8-12H,5,7H2,1-3H3. The van der Waals surface area contributed by atoms with Gasteiger partial charge in [0.05, 0.1) is 0 Å². The molecule has 2 aliphatic rings. The average molecular weight is 188 g/mol. The van der Waals surface area contributed by atoms with Crippen molar-refractivity contribution in [2.24, 2.45) is 17.8 Å². The summed E-state index contributed by atoms with van der Waals surface area (Å²) in [6.45, 7) is 6.98. The van der Waals surface area contributed by atoms with Crippen molar-refractivity contribution in [3.05, 3.63) is 35.5 Å². The first kappa shape index (κ1) is 9.76. The highest BCUT2D eigenvalue weighted by Crippen LogP contribution is 2.34. The second-order valence-electron chi connectivity index (χ2n) is 4.98. The molecule has 0 saturated carbocycles. The van der Waals surface area contributed by atoms with E-state index in [1.807, 2.05) is 0 Å². The second-order valence-corrected chi connectivity index (χ2v) is 4.98. The zero-order valence-electron chi connectivity index (χ0n) is 9.46. The molecular formula is C14H20. The van der Waals surface area contributed by atoms with Crippen LogP contribution in [0.4, 0.5) is 0 Å². The fourth-order valence-corrected chi connectivity index (χ4v) is 2.34. The van der Waals surface area contributed by atoms with Crippen molar-refractivity contribution in [3.63, 3.8) is 0 Å². The summed E-state index contributed by atoms with van der Waals surface area (Å²) in [5.74, 6) is 2.23. The smallest absolute Gasteiger partial charge is 0.0192 e. The molecule has 0 radical (unpaired) electrons. The number of fused-ring (bicyclic) bond motifs is 1. The highest BCUT2D eigenvalue weighted by Gasteiger charge is 2.19. The Bertz CT molecular complexity index is 304. The Morgan fingerprint density at radius 2 is 1.79 bits per heavy atom. The zero-order chi connectivity index (χ0) is 10.1. The van der Waals surface area contributed by atoms with E-state index >= 15 is 0 Å². The molecule has 2 aliphatic carbocycles. The number of allylic oxidation sites excluding steroid dienone is 6. The minimum Gasteiger partial charge on any atom is -0.0837 e. The van der Waals surface area contributed by atoms with Crippen molar-refractivity contribution < 1.29 is 0 Å². The third kappa shape index (κ3) is 1.84. The number of hydrogen-bond donors (Lipinski definition) is 0. The van der Waals surface area contributed by atoms with Gasteiger partial charge in [-0.25, -0.2) is 0 Å². The highest BCUT2D eigenvalue weighted by molar-refractivity contribution is 5.44. The van der Waals surface area contributed by atoms with E-state index in [9.17, 15) is 0 Å². The van der Waals surface area contributed by atoms with Crippen LogP contribution >= 0.6 is 0 Å². The van der Waals surface area contributed by atoms with Crippen molar-refractivity contribution in [2.45, 2.75) is 33.6 Å². The van der Waals surface area contributed by atoms with Gasteiger partial charge in [0.2, 0.25) is 0 Å². The van der Waals surface area contributed by atoms with Crippen molar-refractivity contribution in [2.75, 3.05) is 0 Å². The molecule has 76 valence electrons. The first-order valence-electron chi connectivity index (χ1n) is 5.76. The third-order valence-corrected chi connectivity index (χ3v) is 3.51. The lowest BCUT2D eigenvalue weighted by Gasteiger charge is -2.23. The van der Waals surface area contributed by atoms with E-state index in [4.69, 9.17) is 0 Å². The maximum atomic E-state index is 2.48. The molecule has 0 fully saturated rings. The summed E-state index contributed by atoms with van der Waals surface area (Å²) in [6.07, 6.45) is 12.1. The van der Waals surface area contributed by atoms with Gasteiger partial charge < -0.3 is 0 Å². The number of rotatable bonds is 0. The van der Waals surface area contributed by atoms with Gasteiger partial charge in [0.25, 0.3) is 0 Å². The maximum Gasteiger partial charge on any atom is -0.0192 e. The topological polar surface area (TPSA) is 0 Å². The van der Waals surface area contributed by atoms with E-state index in [0.29, 0.717) is 11.8 Å². The summed E-state index contributed by atoms with van der Waals surface area (Å²) in [6, 6.07) is 0. The van der Waals surface area contributed by atoms with Gasteiger partial charge >= 0.3 is 0 Å². The van der Waals surface area contributed by atoms with Gasteiger partial charge in [-0.15, -0.1) is 0 Å². The molecule has 0 aromatic rings. The Kier molecular flexibility index (Phi) is 2.62. The van der Waals surface area contributed by atoms with E-state index in [2.05, 4.69) is 45.1 Å². The predicted octanol–water partition coefficient (Wildman–Crippen LogP) is 4.11. The molecule has 0 nitrogen and oxygen atoms in total. The van der Waals surface area contributed by atoms with Crippen LogP contribution in [0.1, 0.15) is 33.6 Å². The molecule has 0 aromatic heterocycles. The first-order valence-corrected chi connectivity index (χ1v) is 5.76. The van der Waals surface area contributed by atoms with E-state index in [1.165, 1.54) is 18.4 Å². The summed E-state index contributed by atoms with van der Waals surface area (Å²) in [5.41, 5.74) is 3.07. The Balaban J connectivity index is 2.30. The normalized spacial score (nSPS) is 36.9. The minimum atomic E-state index is 0.701. The largest absolute Gasteiger partial charge is 0.0837 e. The van der Waals surface area contributed by atoms with Gasteiger partial charge in [-0.3, -0.25) is 0 Å². The molecule has 0 N–H and O–H groups in total. The SMILES string of the molecule is CC1CC=CC2=CC(C)C(C)C=C2C1. The summed E-state index contributed by atoms with van der Waals surface area (Å²) in [7, 11) is 0. The Hall–Kier alpha value is -0.780. The van der Waals surface area contributed by atoms with Gasteiger partial charge in [-0.1, -0.05) is 45.1 Å². The molecule has 0 bridgehead atoms. The van der Waals surface area contributed by atoms with Crippen LogP contribution in [-0.2, 0) is 0 Å². The quantitative estimate of drug-likeness (QED) is 0.536. The molecule has 3 atom stereocenters. The van der Waals surface area contributed by atoms with Crippen LogP contribution in [0.3, 0.4) is 0 Å². The monoisotopic (exact) mass is 188 g/mol. The Labute approximate surface area is 87.4 Å². The summed E-state index contributed by atoms with van der Waals surface area (Å²) >= 11 is 0. The third-order valence-electron chi connectivity index (χ3n) is 3.51. The van der Waals surface area contributed by atoms with Crippen LogP contribution < -0.4 is 0 Å². The van der Waals surface area contributed by atoms with Crippen LogP contribution in [0.15, 0.2) is 35.5 Å². The van der Waals surface area contributed by atoms with Gasteiger partial charge in [0, 0.05) is 0 Å². The molecule has 2 rings (SSSR count). The molecule has 0 spiro atoms. The van der Waals surface area contributed by atoms with E-state index in [-0.39, 0.29) is 0 Å². The second kappa shape index (κ2) is 3.76. The molecule has 3 unspecified atom stereocenters. The molecule has 0 heterocycles. The Morgan fingerprint density at radius 1 is 1.07 bits per heavy atom. The fraction of sp³-hybridized carbons (Fsp3) is 0.571. The van der Waals surface area contributed by atoms with Gasteiger partial charge in [0.15, 0.2) is 0 Å². The van der Waals surface area contributed by atoms with E-state index in [1.54, 1.807) is 5.57 Å². The van der Waals surface area contributed by atoms with Crippen LogP contribution in [0, 0.1) is 17.8 Å².